The van der Waals surface area contributed by atoms with Crippen molar-refractivity contribution < 1.29 is 19.0 Å². The number of aromatic nitrogens is 2. The normalized spacial score (nSPS) is 10.6. The zero-order valence-corrected chi connectivity index (χ0v) is 15.2. The molecule has 3 rings (SSSR count). The molecule has 3 aromatic rings. The Morgan fingerprint density at radius 2 is 1.73 bits per heavy atom. The SMILES string of the molecule is COC(=O)c1cc(OC)c(OC)cc1-n1c(=S)[nH]c2ccccc2c1=O. The first-order chi connectivity index (χ1) is 12.5. The minimum atomic E-state index is -0.629. The highest BCUT2D eigenvalue weighted by molar-refractivity contribution is 7.71. The zero-order valence-electron chi connectivity index (χ0n) is 14.4. The molecule has 0 spiro atoms. The number of nitrogens with one attached hydrogen (secondary N) is 1. The number of hydrogen-bond acceptors (Lipinski definition) is 6. The third kappa shape index (κ3) is 2.84. The van der Waals surface area contributed by atoms with Crippen molar-refractivity contribution in [3.8, 4) is 17.2 Å². The van der Waals surface area contributed by atoms with Gasteiger partial charge < -0.3 is 19.2 Å². The van der Waals surface area contributed by atoms with E-state index < -0.39 is 5.97 Å². The summed E-state index contributed by atoms with van der Waals surface area (Å²) in [4.78, 5) is 28.3. The van der Waals surface area contributed by atoms with Gasteiger partial charge >= 0.3 is 5.97 Å². The van der Waals surface area contributed by atoms with Crippen LogP contribution in [0.4, 0.5) is 0 Å². The van der Waals surface area contributed by atoms with Gasteiger partial charge in [0.1, 0.15) is 0 Å². The molecule has 1 aromatic heterocycles. The fourth-order valence-electron chi connectivity index (χ4n) is 2.71. The van der Waals surface area contributed by atoms with Gasteiger partial charge in [-0.05, 0) is 24.4 Å². The Morgan fingerprint density at radius 3 is 2.38 bits per heavy atom. The van der Waals surface area contributed by atoms with Crippen molar-refractivity contribution in [1.82, 2.24) is 9.55 Å². The van der Waals surface area contributed by atoms with Gasteiger partial charge in [0.2, 0.25) is 0 Å². The highest BCUT2D eigenvalue weighted by Crippen LogP contribution is 2.32. The quantitative estimate of drug-likeness (QED) is 0.560. The van der Waals surface area contributed by atoms with Crippen molar-refractivity contribution in [2.45, 2.75) is 0 Å². The number of nitrogens with zero attached hydrogens (tertiary/aromatic N) is 1. The average Bonchev–Trinajstić information content (AvgIpc) is 2.66. The van der Waals surface area contributed by atoms with Crippen molar-refractivity contribution in [2.24, 2.45) is 0 Å². The summed E-state index contributed by atoms with van der Waals surface area (Å²) < 4.78 is 16.8. The molecule has 0 unspecified atom stereocenters. The Bertz CT molecular complexity index is 1120. The molecule has 0 saturated carbocycles. The number of benzene rings is 2. The van der Waals surface area contributed by atoms with Gasteiger partial charge in [0, 0.05) is 12.1 Å². The Balaban J connectivity index is 2.43. The summed E-state index contributed by atoms with van der Waals surface area (Å²) >= 11 is 5.36. The van der Waals surface area contributed by atoms with Gasteiger partial charge in [-0.15, -0.1) is 0 Å². The number of rotatable bonds is 4. The van der Waals surface area contributed by atoms with E-state index in [2.05, 4.69) is 4.98 Å². The summed E-state index contributed by atoms with van der Waals surface area (Å²) in [6, 6.07) is 9.96. The number of aromatic amines is 1. The van der Waals surface area contributed by atoms with Crippen LogP contribution < -0.4 is 15.0 Å². The lowest BCUT2D eigenvalue weighted by Crippen LogP contribution is -2.23. The molecule has 8 heteroatoms. The number of hydrogen-bond donors (Lipinski definition) is 1. The van der Waals surface area contributed by atoms with Crippen LogP contribution in [0.2, 0.25) is 0 Å². The van der Waals surface area contributed by atoms with E-state index in [1.54, 1.807) is 24.3 Å². The molecule has 134 valence electrons. The monoisotopic (exact) mass is 372 g/mol. The lowest BCUT2D eigenvalue weighted by Gasteiger charge is -2.15. The Labute approximate surface area is 153 Å². The number of methoxy groups -OCH3 is 3. The van der Waals surface area contributed by atoms with Gasteiger partial charge in [0.25, 0.3) is 5.56 Å². The number of esters is 1. The van der Waals surface area contributed by atoms with E-state index in [-0.39, 0.29) is 21.6 Å². The number of H-pyrrole nitrogens is 1. The summed E-state index contributed by atoms with van der Waals surface area (Å²) in [7, 11) is 4.17. The average molecular weight is 372 g/mol. The molecule has 0 radical (unpaired) electrons. The van der Waals surface area contributed by atoms with E-state index in [1.807, 2.05) is 0 Å². The van der Waals surface area contributed by atoms with Crippen LogP contribution in [0.15, 0.2) is 41.2 Å². The first-order valence-corrected chi connectivity index (χ1v) is 8.01. The molecule has 7 nitrogen and oxygen atoms in total. The Hall–Kier alpha value is -3.13. The van der Waals surface area contributed by atoms with Crippen LogP contribution >= 0.6 is 12.2 Å². The molecular weight excluding hydrogens is 356 g/mol. The van der Waals surface area contributed by atoms with E-state index in [0.29, 0.717) is 22.4 Å². The van der Waals surface area contributed by atoms with Gasteiger partial charge in [0.15, 0.2) is 16.3 Å². The minimum Gasteiger partial charge on any atom is -0.493 e. The summed E-state index contributed by atoms with van der Waals surface area (Å²) in [6.07, 6.45) is 0. The molecule has 0 bridgehead atoms. The molecule has 26 heavy (non-hydrogen) atoms. The van der Waals surface area contributed by atoms with Crippen molar-refractivity contribution in [3.05, 3.63) is 57.1 Å². The van der Waals surface area contributed by atoms with Gasteiger partial charge in [-0.1, -0.05) is 12.1 Å². The number of carbonyl (C=O) groups excluding carboxylic acids is 1. The highest BCUT2D eigenvalue weighted by atomic mass is 32.1. The first kappa shape index (κ1) is 17.7. The Morgan fingerprint density at radius 1 is 1.08 bits per heavy atom. The van der Waals surface area contributed by atoms with Gasteiger partial charge in [0.05, 0.1) is 43.5 Å². The van der Waals surface area contributed by atoms with E-state index in [4.69, 9.17) is 26.4 Å². The predicted molar refractivity (Wildman–Crippen MR) is 99.2 cm³/mol. The van der Waals surface area contributed by atoms with Crippen LogP contribution in [0.5, 0.6) is 11.5 Å². The molecule has 0 atom stereocenters. The third-order valence-corrected chi connectivity index (χ3v) is 4.24. The maximum Gasteiger partial charge on any atom is 0.340 e. The minimum absolute atomic E-state index is 0.127. The van der Waals surface area contributed by atoms with E-state index in [0.717, 1.165) is 0 Å². The summed E-state index contributed by atoms with van der Waals surface area (Å²) in [5.74, 6) is 0.0559. The maximum atomic E-state index is 13.0. The van der Waals surface area contributed by atoms with E-state index in [1.165, 1.54) is 38.0 Å². The molecular formula is C18H16N2O5S. The molecule has 0 saturated heterocycles. The second-order valence-corrected chi connectivity index (χ2v) is 5.72. The number of ether oxygens (including phenoxy) is 3. The highest BCUT2D eigenvalue weighted by Gasteiger charge is 2.21. The number of para-hydroxylation sites is 1. The second-order valence-electron chi connectivity index (χ2n) is 5.33. The molecule has 0 aliphatic carbocycles. The van der Waals surface area contributed by atoms with Crippen LogP contribution in [-0.4, -0.2) is 36.8 Å². The topological polar surface area (TPSA) is 82.6 Å². The van der Waals surface area contributed by atoms with E-state index >= 15 is 0 Å². The predicted octanol–water partition coefficient (Wildman–Crippen LogP) is 2.85. The van der Waals surface area contributed by atoms with Crippen molar-refractivity contribution in [3.63, 3.8) is 0 Å². The van der Waals surface area contributed by atoms with Crippen molar-refractivity contribution in [1.29, 1.82) is 0 Å². The molecule has 2 aromatic carbocycles. The van der Waals surface area contributed by atoms with Crippen LogP contribution in [-0.2, 0) is 4.74 Å². The van der Waals surface area contributed by atoms with Crippen molar-refractivity contribution >= 4 is 29.1 Å². The molecule has 0 amide bonds. The van der Waals surface area contributed by atoms with Crippen LogP contribution in [0.1, 0.15) is 10.4 Å². The van der Waals surface area contributed by atoms with Gasteiger partial charge in [-0.25, -0.2) is 4.79 Å². The maximum absolute atomic E-state index is 13.0. The smallest absolute Gasteiger partial charge is 0.340 e. The molecule has 1 heterocycles. The van der Waals surface area contributed by atoms with Gasteiger partial charge in [-0.2, -0.15) is 0 Å². The lowest BCUT2D eigenvalue weighted by atomic mass is 10.1. The second kappa shape index (κ2) is 7.01. The Kier molecular flexibility index (Phi) is 4.77. The fraction of sp³-hybridized carbons (Fsp3) is 0.167. The lowest BCUT2D eigenvalue weighted by molar-refractivity contribution is 0.0600. The van der Waals surface area contributed by atoms with Crippen LogP contribution in [0, 0.1) is 4.77 Å². The van der Waals surface area contributed by atoms with E-state index in [9.17, 15) is 9.59 Å². The summed E-state index contributed by atoms with van der Waals surface area (Å²) in [6.45, 7) is 0. The first-order valence-electron chi connectivity index (χ1n) is 7.60. The molecule has 1 N–H and O–H groups in total. The number of carbonyl (C=O) groups is 1. The summed E-state index contributed by atoms with van der Waals surface area (Å²) in [5.41, 5.74) is 0.620. The largest absolute Gasteiger partial charge is 0.493 e. The molecule has 0 fully saturated rings. The molecule has 0 aliphatic heterocycles. The summed E-state index contributed by atoms with van der Waals surface area (Å²) in [5, 5.41) is 0.437. The fourth-order valence-corrected chi connectivity index (χ4v) is 3.00. The van der Waals surface area contributed by atoms with Crippen LogP contribution in [0.25, 0.3) is 16.6 Å². The van der Waals surface area contributed by atoms with Crippen LogP contribution in [0.3, 0.4) is 0 Å². The molecule has 0 aliphatic rings. The van der Waals surface area contributed by atoms with Gasteiger partial charge in [-0.3, -0.25) is 9.36 Å². The zero-order chi connectivity index (χ0) is 18.8. The number of fused-ring (bicyclic) bond motifs is 1. The third-order valence-electron chi connectivity index (χ3n) is 3.95. The standard InChI is InChI=1S/C18H16N2O5S/c1-23-14-8-11(17(22)25-3)13(9-15(14)24-2)20-16(21)10-6-4-5-7-12(10)19-18(20)26/h4-9H,1-3H3,(H,19,26). The van der Waals surface area contributed by atoms with Crippen molar-refractivity contribution in [2.75, 3.05) is 21.3 Å².